The Morgan fingerprint density at radius 1 is 0.970 bits per heavy atom. The topological polar surface area (TPSA) is 49.3 Å². The van der Waals surface area contributed by atoms with Crippen molar-refractivity contribution in [3.63, 3.8) is 0 Å². The first-order valence-corrected chi connectivity index (χ1v) is 11.7. The van der Waals surface area contributed by atoms with Gasteiger partial charge in [-0.25, -0.2) is 0 Å². The number of rotatable bonds is 7. The molecule has 0 amide bonds. The predicted molar refractivity (Wildman–Crippen MR) is 135 cm³/mol. The summed E-state index contributed by atoms with van der Waals surface area (Å²) in [5.74, 6) is 0.166. The normalized spacial score (nSPS) is 25.2. The minimum Gasteiger partial charge on any atom is -0.389 e. The fraction of sp³-hybridized carbons (Fsp3) is 0.233. The van der Waals surface area contributed by atoms with Crippen molar-refractivity contribution >= 4 is 22.2 Å². The summed E-state index contributed by atoms with van der Waals surface area (Å²) in [7, 11) is 0. The van der Waals surface area contributed by atoms with Gasteiger partial charge in [-0.05, 0) is 58.2 Å². The highest BCUT2D eigenvalue weighted by Gasteiger charge is 2.52. The molecule has 2 N–H and O–H groups in total. The standard InChI is InChI=1S/C30H29NO2/c32-20-28(33)30-26(17-21-9-3-1-4-10-21)27(29(30)23-12-5-2-6-13-23)19-31-25-16-15-22-11-7-8-14-24(22)18-25/h1-9,11-18,26-27,29-32H,10,19-20H2. The molecule has 5 rings (SSSR count). The second kappa shape index (κ2) is 9.60. The van der Waals surface area contributed by atoms with Gasteiger partial charge in [0.2, 0.25) is 0 Å². The van der Waals surface area contributed by atoms with Gasteiger partial charge < -0.3 is 10.4 Å². The molecule has 1 fully saturated rings. The van der Waals surface area contributed by atoms with Crippen molar-refractivity contribution in [2.24, 2.45) is 17.8 Å². The zero-order valence-electron chi connectivity index (χ0n) is 18.6. The first-order valence-electron chi connectivity index (χ1n) is 11.7. The van der Waals surface area contributed by atoms with Gasteiger partial charge in [0.25, 0.3) is 0 Å². The minimum absolute atomic E-state index is 0.0667. The monoisotopic (exact) mass is 435 g/mol. The van der Waals surface area contributed by atoms with Gasteiger partial charge in [0.1, 0.15) is 6.61 Å². The van der Waals surface area contributed by atoms with Gasteiger partial charge >= 0.3 is 0 Å². The maximum Gasteiger partial charge on any atom is 0.162 e. The van der Waals surface area contributed by atoms with Crippen molar-refractivity contribution in [2.45, 2.75) is 12.3 Å². The van der Waals surface area contributed by atoms with E-state index in [0.717, 1.165) is 18.7 Å². The van der Waals surface area contributed by atoms with Gasteiger partial charge in [0.15, 0.2) is 5.78 Å². The van der Waals surface area contributed by atoms with Crippen LogP contribution < -0.4 is 5.32 Å². The summed E-state index contributed by atoms with van der Waals surface area (Å²) >= 11 is 0. The highest BCUT2D eigenvalue weighted by atomic mass is 16.3. The van der Waals surface area contributed by atoms with Gasteiger partial charge in [-0.1, -0.05) is 91.0 Å². The second-order valence-electron chi connectivity index (χ2n) is 9.00. The summed E-state index contributed by atoms with van der Waals surface area (Å²) in [6.07, 6.45) is 11.5. The highest BCUT2D eigenvalue weighted by Crippen LogP contribution is 2.54. The first kappa shape index (κ1) is 21.4. The highest BCUT2D eigenvalue weighted by molar-refractivity contribution is 5.86. The Morgan fingerprint density at radius 3 is 2.52 bits per heavy atom. The number of carbonyl (C=O) groups excluding carboxylic acids is 1. The average molecular weight is 436 g/mol. The van der Waals surface area contributed by atoms with E-state index in [2.05, 4.69) is 84.2 Å². The summed E-state index contributed by atoms with van der Waals surface area (Å²) in [6, 6.07) is 25.1. The Labute approximate surface area is 195 Å². The molecule has 3 aromatic carbocycles. The molecule has 0 heterocycles. The molecule has 3 nitrogen and oxygen atoms in total. The number of hydrogen-bond donors (Lipinski definition) is 2. The lowest BCUT2D eigenvalue weighted by Gasteiger charge is -2.51. The molecule has 0 spiro atoms. The number of hydrogen-bond acceptors (Lipinski definition) is 3. The zero-order chi connectivity index (χ0) is 22.6. The predicted octanol–water partition coefficient (Wildman–Crippen LogP) is 5.90. The Kier molecular flexibility index (Phi) is 6.23. The number of benzene rings is 3. The molecule has 0 saturated heterocycles. The number of anilines is 1. The van der Waals surface area contributed by atoms with E-state index in [-0.39, 0.29) is 29.5 Å². The maximum atomic E-state index is 12.9. The molecule has 166 valence electrons. The lowest BCUT2D eigenvalue weighted by molar-refractivity contribution is -0.134. The van der Waals surface area contributed by atoms with Gasteiger partial charge in [-0.3, -0.25) is 4.79 Å². The Balaban J connectivity index is 1.44. The molecule has 0 aliphatic heterocycles. The van der Waals surface area contributed by atoms with Crippen LogP contribution in [0.25, 0.3) is 10.8 Å². The van der Waals surface area contributed by atoms with Crippen LogP contribution in [-0.2, 0) is 4.79 Å². The zero-order valence-corrected chi connectivity index (χ0v) is 18.6. The second-order valence-corrected chi connectivity index (χ2v) is 9.00. The van der Waals surface area contributed by atoms with E-state index in [9.17, 15) is 9.90 Å². The molecule has 2 aliphatic rings. The third-order valence-electron chi connectivity index (χ3n) is 7.08. The first-order chi connectivity index (χ1) is 16.2. The molecule has 1 saturated carbocycles. The molecule has 2 aliphatic carbocycles. The van der Waals surface area contributed by atoms with Crippen LogP contribution in [0, 0.1) is 17.8 Å². The number of allylic oxidation sites excluding steroid dienone is 6. The van der Waals surface area contributed by atoms with Crippen molar-refractivity contribution in [1.29, 1.82) is 0 Å². The molecule has 3 heteroatoms. The van der Waals surface area contributed by atoms with E-state index in [1.165, 1.54) is 21.9 Å². The van der Waals surface area contributed by atoms with Crippen LogP contribution in [0.1, 0.15) is 17.9 Å². The Hall–Kier alpha value is -3.43. The smallest absolute Gasteiger partial charge is 0.162 e. The average Bonchev–Trinajstić information content (AvgIpc) is 2.87. The number of ketones is 1. The number of nitrogens with one attached hydrogen (secondary N) is 1. The molecule has 4 unspecified atom stereocenters. The van der Waals surface area contributed by atoms with Crippen LogP contribution in [0.15, 0.2) is 109 Å². The van der Waals surface area contributed by atoms with Gasteiger partial charge in [-0.2, -0.15) is 0 Å². The van der Waals surface area contributed by atoms with Gasteiger partial charge in [0, 0.05) is 18.2 Å². The number of fused-ring (bicyclic) bond motifs is 1. The van der Waals surface area contributed by atoms with Crippen LogP contribution in [-0.4, -0.2) is 24.0 Å². The third-order valence-corrected chi connectivity index (χ3v) is 7.08. The van der Waals surface area contributed by atoms with E-state index >= 15 is 0 Å². The van der Waals surface area contributed by atoms with Crippen molar-refractivity contribution < 1.29 is 9.90 Å². The Morgan fingerprint density at radius 2 is 1.76 bits per heavy atom. The van der Waals surface area contributed by atoms with Crippen LogP contribution in [0.4, 0.5) is 5.69 Å². The fourth-order valence-electron chi connectivity index (χ4n) is 5.44. The molecular weight excluding hydrogens is 406 g/mol. The maximum absolute atomic E-state index is 12.9. The van der Waals surface area contributed by atoms with E-state index in [0.29, 0.717) is 0 Å². The molecule has 3 aromatic rings. The van der Waals surface area contributed by atoms with Gasteiger partial charge in [0.05, 0.1) is 0 Å². The van der Waals surface area contributed by atoms with E-state index < -0.39 is 6.61 Å². The van der Waals surface area contributed by atoms with Crippen LogP contribution in [0.3, 0.4) is 0 Å². The summed E-state index contributed by atoms with van der Waals surface area (Å²) in [4.78, 5) is 12.9. The lowest BCUT2D eigenvalue weighted by Crippen LogP contribution is -2.51. The minimum atomic E-state index is -0.408. The number of aliphatic hydroxyl groups excluding tert-OH is 1. The molecule has 0 bridgehead atoms. The Bertz CT molecular complexity index is 1220. The molecule has 0 aromatic heterocycles. The SMILES string of the molecule is O=C(CO)C1C(C=C2C=CC=CC2)C(CNc2ccc3ccccc3c2)C1c1ccccc1. The van der Waals surface area contributed by atoms with Crippen molar-refractivity contribution in [2.75, 3.05) is 18.5 Å². The lowest BCUT2D eigenvalue weighted by atomic mass is 9.52. The number of carbonyl (C=O) groups is 1. The summed E-state index contributed by atoms with van der Waals surface area (Å²) in [5, 5.41) is 15.8. The molecule has 4 atom stereocenters. The summed E-state index contributed by atoms with van der Waals surface area (Å²) in [6.45, 7) is 0.356. The van der Waals surface area contributed by atoms with Crippen LogP contribution in [0.2, 0.25) is 0 Å². The largest absolute Gasteiger partial charge is 0.389 e. The van der Waals surface area contributed by atoms with Crippen molar-refractivity contribution in [3.8, 4) is 0 Å². The van der Waals surface area contributed by atoms with Crippen LogP contribution in [0.5, 0.6) is 0 Å². The van der Waals surface area contributed by atoms with Crippen molar-refractivity contribution in [3.05, 3.63) is 114 Å². The summed E-state index contributed by atoms with van der Waals surface area (Å²) in [5.41, 5.74) is 3.49. The molecule has 33 heavy (non-hydrogen) atoms. The quantitative estimate of drug-likeness (QED) is 0.486. The molecule has 0 radical (unpaired) electrons. The molecular formula is C30H29NO2. The van der Waals surface area contributed by atoms with E-state index in [1.54, 1.807) is 0 Å². The number of Topliss-reactive ketones (excluding diaryl/α,β-unsaturated/α-hetero) is 1. The summed E-state index contributed by atoms with van der Waals surface area (Å²) < 4.78 is 0. The van der Waals surface area contributed by atoms with Gasteiger partial charge in [-0.15, -0.1) is 0 Å². The van der Waals surface area contributed by atoms with E-state index in [4.69, 9.17) is 0 Å². The van der Waals surface area contributed by atoms with Crippen LogP contribution >= 0.6 is 0 Å². The number of aliphatic hydroxyl groups is 1. The third kappa shape index (κ3) is 4.42. The van der Waals surface area contributed by atoms with E-state index in [1.807, 2.05) is 24.3 Å². The van der Waals surface area contributed by atoms with Crippen molar-refractivity contribution in [1.82, 2.24) is 0 Å². The fourth-order valence-corrected chi connectivity index (χ4v) is 5.44.